The van der Waals surface area contributed by atoms with Crippen molar-refractivity contribution in [2.75, 3.05) is 16.8 Å². The third-order valence-corrected chi connectivity index (χ3v) is 4.41. The molecule has 1 fully saturated rings. The van der Waals surface area contributed by atoms with E-state index in [1.807, 2.05) is 0 Å². The summed E-state index contributed by atoms with van der Waals surface area (Å²) in [5, 5.41) is 0.345. The molecular formula is C7H11BrO3S. The van der Waals surface area contributed by atoms with E-state index in [0.29, 0.717) is 18.2 Å². The number of Topliss-reactive ketones (excluding diaryl/α,β-unsaturated/α-hetero) is 1. The number of alkyl halides is 1. The van der Waals surface area contributed by atoms with E-state index in [2.05, 4.69) is 15.9 Å². The number of halogens is 1. The Morgan fingerprint density at radius 3 is 2.25 bits per heavy atom. The summed E-state index contributed by atoms with van der Waals surface area (Å²) in [6, 6.07) is 0. The second-order valence-corrected chi connectivity index (χ2v) is 5.89. The van der Waals surface area contributed by atoms with Crippen molar-refractivity contribution in [1.29, 1.82) is 0 Å². The topological polar surface area (TPSA) is 51.2 Å². The van der Waals surface area contributed by atoms with Gasteiger partial charge in [0.05, 0.1) is 16.8 Å². The van der Waals surface area contributed by atoms with E-state index < -0.39 is 9.84 Å². The first kappa shape index (κ1) is 10.2. The van der Waals surface area contributed by atoms with Crippen LogP contribution in [0.15, 0.2) is 0 Å². The van der Waals surface area contributed by atoms with Gasteiger partial charge in [-0.2, -0.15) is 0 Å². The minimum atomic E-state index is -2.82. The summed E-state index contributed by atoms with van der Waals surface area (Å²) in [6.45, 7) is 0. The van der Waals surface area contributed by atoms with Gasteiger partial charge in [0, 0.05) is 5.92 Å². The lowest BCUT2D eigenvalue weighted by molar-refractivity contribution is -0.120. The summed E-state index contributed by atoms with van der Waals surface area (Å²) in [5.74, 6) is 0.449. The van der Waals surface area contributed by atoms with Crippen LogP contribution < -0.4 is 0 Å². The summed E-state index contributed by atoms with van der Waals surface area (Å²) in [7, 11) is -2.82. The number of carbonyl (C=O) groups excluding carboxylic acids is 1. The molecule has 0 radical (unpaired) electrons. The molecule has 12 heavy (non-hydrogen) atoms. The highest BCUT2D eigenvalue weighted by molar-refractivity contribution is 9.09. The maximum atomic E-state index is 11.1. The van der Waals surface area contributed by atoms with Gasteiger partial charge in [0.15, 0.2) is 0 Å². The maximum Gasteiger partial charge on any atom is 0.150 e. The van der Waals surface area contributed by atoms with Gasteiger partial charge in [-0.1, -0.05) is 15.9 Å². The fraction of sp³-hybridized carbons (Fsp3) is 0.857. The van der Waals surface area contributed by atoms with E-state index in [-0.39, 0.29) is 23.2 Å². The average molecular weight is 255 g/mol. The molecule has 1 saturated heterocycles. The van der Waals surface area contributed by atoms with E-state index in [1.165, 1.54) is 0 Å². The molecule has 0 aromatic carbocycles. The predicted octanol–water partition coefficient (Wildman–Crippen LogP) is 0.775. The van der Waals surface area contributed by atoms with Crippen LogP contribution in [0.3, 0.4) is 0 Å². The van der Waals surface area contributed by atoms with Crippen molar-refractivity contribution in [3.63, 3.8) is 0 Å². The van der Waals surface area contributed by atoms with Crippen LogP contribution >= 0.6 is 15.9 Å². The Balaban J connectivity index is 2.52. The second-order valence-electron chi connectivity index (χ2n) is 3.03. The van der Waals surface area contributed by atoms with Crippen LogP contribution in [0, 0.1) is 5.92 Å². The van der Waals surface area contributed by atoms with Gasteiger partial charge in [-0.05, 0) is 12.8 Å². The number of ketones is 1. The van der Waals surface area contributed by atoms with Crippen molar-refractivity contribution in [2.45, 2.75) is 12.8 Å². The lowest BCUT2D eigenvalue weighted by Crippen LogP contribution is -2.28. The summed E-state index contributed by atoms with van der Waals surface area (Å²) in [6.07, 6.45) is 1.01. The zero-order valence-electron chi connectivity index (χ0n) is 6.62. The molecule has 0 aromatic rings. The fourth-order valence-electron chi connectivity index (χ4n) is 1.32. The first-order valence-electron chi connectivity index (χ1n) is 3.84. The molecule has 0 aromatic heterocycles. The summed E-state index contributed by atoms with van der Waals surface area (Å²) >= 11 is 3.08. The largest absolute Gasteiger partial charge is 0.298 e. The van der Waals surface area contributed by atoms with E-state index in [9.17, 15) is 13.2 Å². The smallest absolute Gasteiger partial charge is 0.150 e. The number of sulfone groups is 1. The highest BCUT2D eigenvalue weighted by Crippen LogP contribution is 2.20. The molecular weight excluding hydrogens is 244 g/mol. The zero-order chi connectivity index (χ0) is 9.19. The molecule has 0 saturated carbocycles. The van der Waals surface area contributed by atoms with Crippen LogP contribution in [0.4, 0.5) is 0 Å². The number of hydrogen-bond donors (Lipinski definition) is 0. The van der Waals surface area contributed by atoms with Crippen molar-refractivity contribution in [3.8, 4) is 0 Å². The van der Waals surface area contributed by atoms with Crippen molar-refractivity contribution in [1.82, 2.24) is 0 Å². The molecule has 1 aliphatic heterocycles. The van der Waals surface area contributed by atoms with Crippen molar-refractivity contribution in [3.05, 3.63) is 0 Å². The van der Waals surface area contributed by atoms with Crippen LogP contribution in [-0.4, -0.2) is 31.0 Å². The first-order chi connectivity index (χ1) is 5.55. The first-order valence-corrected chi connectivity index (χ1v) is 6.78. The molecule has 0 unspecified atom stereocenters. The van der Waals surface area contributed by atoms with Gasteiger partial charge in [0.2, 0.25) is 0 Å². The van der Waals surface area contributed by atoms with E-state index in [4.69, 9.17) is 0 Å². The fourth-order valence-corrected chi connectivity index (χ4v) is 3.27. The van der Waals surface area contributed by atoms with E-state index in [1.54, 1.807) is 0 Å². The lowest BCUT2D eigenvalue weighted by atomic mass is 9.99. The second kappa shape index (κ2) is 3.87. The van der Waals surface area contributed by atoms with Crippen molar-refractivity contribution >= 4 is 31.6 Å². The maximum absolute atomic E-state index is 11.1. The number of carbonyl (C=O) groups is 1. The van der Waals surface area contributed by atoms with E-state index >= 15 is 0 Å². The Morgan fingerprint density at radius 1 is 1.33 bits per heavy atom. The SMILES string of the molecule is O=C(CBr)C1CCS(=O)(=O)CC1. The Bertz CT molecular complexity index is 256. The summed E-state index contributed by atoms with van der Waals surface area (Å²) in [5.41, 5.74) is 0. The number of rotatable bonds is 2. The summed E-state index contributed by atoms with van der Waals surface area (Å²) < 4.78 is 22.0. The highest BCUT2D eigenvalue weighted by atomic mass is 79.9. The van der Waals surface area contributed by atoms with Gasteiger partial charge < -0.3 is 0 Å². The molecule has 0 bridgehead atoms. The van der Waals surface area contributed by atoms with Crippen LogP contribution in [0.1, 0.15) is 12.8 Å². The Morgan fingerprint density at radius 2 is 1.83 bits per heavy atom. The van der Waals surface area contributed by atoms with Gasteiger partial charge in [-0.3, -0.25) is 4.79 Å². The minimum absolute atomic E-state index is 0.0344. The Hall–Kier alpha value is 0.1000. The minimum Gasteiger partial charge on any atom is -0.298 e. The monoisotopic (exact) mass is 254 g/mol. The van der Waals surface area contributed by atoms with Crippen LogP contribution in [0.5, 0.6) is 0 Å². The molecule has 5 heteroatoms. The highest BCUT2D eigenvalue weighted by Gasteiger charge is 2.27. The predicted molar refractivity (Wildman–Crippen MR) is 50.2 cm³/mol. The molecule has 0 spiro atoms. The quantitative estimate of drug-likeness (QED) is 0.685. The molecule has 3 nitrogen and oxygen atoms in total. The molecule has 0 aliphatic carbocycles. The Kier molecular flexibility index (Phi) is 3.29. The van der Waals surface area contributed by atoms with Gasteiger partial charge >= 0.3 is 0 Å². The van der Waals surface area contributed by atoms with Crippen molar-refractivity contribution < 1.29 is 13.2 Å². The third kappa shape index (κ3) is 2.55. The summed E-state index contributed by atoms with van der Waals surface area (Å²) in [4.78, 5) is 11.1. The molecule has 70 valence electrons. The number of hydrogen-bond acceptors (Lipinski definition) is 3. The third-order valence-electron chi connectivity index (χ3n) is 2.14. The molecule has 1 heterocycles. The van der Waals surface area contributed by atoms with Gasteiger partial charge in [0.1, 0.15) is 15.6 Å². The van der Waals surface area contributed by atoms with Crippen LogP contribution in [0.2, 0.25) is 0 Å². The standard InChI is InChI=1S/C7H11BrO3S/c8-5-7(9)6-1-3-12(10,11)4-2-6/h6H,1-5H2. The van der Waals surface area contributed by atoms with Gasteiger partial charge in [-0.25, -0.2) is 8.42 Å². The molecule has 0 amide bonds. The lowest BCUT2D eigenvalue weighted by Gasteiger charge is -2.19. The van der Waals surface area contributed by atoms with Gasteiger partial charge in [0.25, 0.3) is 0 Å². The molecule has 1 rings (SSSR count). The molecule has 0 N–H and O–H groups in total. The Labute approximate surface area is 80.6 Å². The van der Waals surface area contributed by atoms with E-state index in [0.717, 1.165) is 0 Å². The van der Waals surface area contributed by atoms with Gasteiger partial charge in [-0.15, -0.1) is 0 Å². The molecule has 0 atom stereocenters. The normalized spacial score (nSPS) is 23.8. The van der Waals surface area contributed by atoms with Crippen molar-refractivity contribution in [2.24, 2.45) is 5.92 Å². The van der Waals surface area contributed by atoms with Crippen LogP contribution in [-0.2, 0) is 14.6 Å². The van der Waals surface area contributed by atoms with Crippen LogP contribution in [0.25, 0.3) is 0 Å². The molecule has 1 aliphatic rings. The average Bonchev–Trinajstić information content (AvgIpc) is 2.03. The zero-order valence-corrected chi connectivity index (χ0v) is 9.03.